The van der Waals surface area contributed by atoms with Gasteiger partial charge in [0.05, 0.1) is 18.1 Å². The van der Waals surface area contributed by atoms with E-state index >= 15 is 0 Å². The summed E-state index contributed by atoms with van der Waals surface area (Å²) < 4.78 is 7.61. The second kappa shape index (κ2) is 5.00. The summed E-state index contributed by atoms with van der Waals surface area (Å²) in [5.41, 5.74) is 6.02. The van der Waals surface area contributed by atoms with Crippen LogP contribution in [0.25, 0.3) is 11.0 Å². The van der Waals surface area contributed by atoms with Crippen LogP contribution in [0.3, 0.4) is 0 Å². The van der Waals surface area contributed by atoms with Gasteiger partial charge in [-0.1, -0.05) is 12.1 Å². The van der Waals surface area contributed by atoms with E-state index in [1.807, 2.05) is 24.4 Å². The Labute approximate surface area is 118 Å². The van der Waals surface area contributed by atoms with Crippen molar-refractivity contribution in [3.05, 3.63) is 59.4 Å². The smallest absolute Gasteiger partial charge is 0.119 e. The van der Waals surface area contributed by atoms with Gasteiger partial charge < -0.3 is 9.30 Å². The summed E-state index contributed by atoms with van der Waals surface area (Å²) in [7, 11) is 1.70. The topological polar surface area (TPSA) is 27.1 Å². The number of ether oxygens (including phenoxy) is 1. The fourth-order valence-electron chi connectivity index (χ4n) is 2.62. The molecule has 0 saturated carbocycles. The Hall–Kier alpha value is -2.29. The summed E-state index contributed by atoms with van der Waals surface area (Å²) in [5.74, 6) is 0.895. The van der Waals surface area contributed by atoms with E-state index in [1.165, 1.54) is 22.3 Å². The number of hydrogen-bond donors (Lipinski definition) is 0. The van der Waals surface area contributed by atoms with Gasteiger partial charge >= 0.3 is 0 Å². The number of fused-ring (bicyclic) bond motifs is 1. The van der Waals surface area contributed by atoms with E-state index in [1.54, 1.807) is 7.11 Å². The highest BCUT2D eigenvalue weighted by atomic mass is 16.5. The summed E-state index contributed by atoms with van der Waals surface area (Å²) in [4.78, 5) is 4.49. The molecule has 2 heterocycles. The van der Waals surface area contributed by atoms with Gasteiger partial charge in [-0.3, -0.25) is 4.98 Å². The number of rotatable bonds is 3. The van der Waals surface area contributed by atoms with Crippen molar-refractivity contribution in [1.82, 2.24) is 9.55 Å². The van der Waals surface area contributed by atoms with Crippen molar-refractivity contribution in [1.29, 1.82) is 0 Å². The van der Waals surface area contributed by atoms with E-state index in [2.05, 4.69) is 41.6 Å². The zero-order valence-corrected chi connectivity index (χ0v) is 12.1. The van der Waals surface area contributed by atoms with Gasteiger partial charge in [0.1, 0.15) is 5.75 Å². The lowest BCUT2D eigenvalue weighted by Crippen LogP contribution is -2.02. The molecule has 20 heavy (non-hydrogen) atoms. The minimum atomic E-state index is 0.832. The first-order valence-electron chi connectivity index (χ1n) is 6.74. The molecular formula is C17H18N2O. The van der Waals surface area contributed by atoms with Crippen LogP contribution in [-0.4, -0.2) is 16.7 Å². The molecule has 0 amide bonds. The van der Waals surface area contributed by atoms with E-state index in [-0.39, 0.29) is 0 Å². The van der Waals surface area contributed by atoms with E-state index < -0.39 is 0 Å². The van der Waals surface area contributed by atoms with Crippen molar-refractivity contribution in [2.24, 2.45) is 0 Å². The Morgan fingerprint density at radius 2 is 2.00 bits per heavy atom. The van der Waals surface area contributed by atoms with Gasteiger partial charge in [0.25, 0.3) is 0 Å². The van der Waals surface area contributed by atoms with Crippen molar-refractivity contribution in [3.63, 3.8) is 0 Å². The molecule has 0 atom stereocenters. The monoisotopic (exact) mass is 266 g/mol. The Morgan fingerprint density at radius 1 is 1.15 bits per heavy atom. The first kappa shape index (κ1) is 12.7. The third-order valence-electron chi connectivity index (χ3n) is 3.85. The van der Waals surface area contributed by atoms with E-state index in [0.29, 0.717) is 0 Å². The number of methoxy groups -OCH3 is 1. The average molecular weight is 266 g/mol. The predicted octanol–water partition coefficient (Wildman–Crippen LogP) is 3.71. The van der Waals surface area contributed by atoms with Gasteiger partial charge in [0, 0.05) is 18.4 Å². The minimum absolute atomic E-state index is 0.832. The second-order valence-corrected chi connectivity index (χ2v) is 5.02. The van der Waals surface area contributed by atoms with Crippen LogP contribution in [0.5, 0.6) is 5.75 Å². The fourth-order valence-corrected chi connectivity index (χ4v) is 2.62. The largest absolute Gasteiger partial charge is 0.497 e. The first-order valence-corrected chi connectivity index (χ1v) is 6.74. The number of pyridine rings is 1. The highest BCUT2D eigenvalue weighted by Gasteiger charge is 2.11. The van der Waals surface area contributed by atoms with Crippen LogP contribution >= 0.6 is 0 Å². The van der Waals surface area contributed by atoms with Gasteiger partial charge in [-0.05, 0) is 49.2 Å². The van der Waals surface area contributed by atoms with Gasteiger partial charge in [-0.25, -0.2) is 0 Å². The summed E-state index contributed by atoms with van der Waals surface area (Å²) in [6.45, 7) is 5.11. The van der Waals surface area contributed by atoms with Crippen LogP contribution < -0.4 is 4.74 Å². The van der Waals surface area contributed by atoms with E-state index in [9.17, 15) is 0 Å². The van der Waals surface area contributed by atoms with Crippen LogP contribution in [0.2, 0.25) is 0 Å². The molecule has 0 unspecified atom stereocenters. The molecule has 1 aromatic carbocycles. The molecule has 0 spiro atoms. The molecule has 0 aliphatic rings. The van der Waals surface area contributed by atoms with E-state index in [4.69, 9.17) is 4.74 Å². The van der Waals surface area contributed by atoms with Crippen molar-refractivity contribution in [2.45, 2.75) is 20.4 Å². The molecule has 0 N–H and O–H groups in total. The van der Waals surface area contributed by atoms with Crippen LogP contribution in [-0.2, 0) is 6.54 Å². The van der Waals surface area contributed by atoms with Gasteiger partial charge in [-0.2, -0.15) is 0 Å². The van der Waals surface area contributed by atoms with Crippen LogP contribution in [0.4, 0.5) is 0 Å². The number of aromatic nitrogens is 2. The SMILES string of the molecule is COc1cccc(Cn2c(C)c(C)c3ncccc32)c1. The molecule has 0 aliphatic heterocycles. The average Bonchev–Trinajstić information content (AvgIpc) is 2.73. The molecule has 3 rings (SSSR count). The fraction of sp³-hybridized carbons (Fsp3) is 0.235. The van der Waals surface area contributed by atoms with Gasteiger partial charge in [-0.15, -0.1) is 0 Å². The molecule has 0 fully saturated rings. The maximum Gasteiger partial charge on any atom is 0.119 e. The standard InChI is InChI=1S/C17H18N2O/c1-12-13(2)19(16-8-5-9-18-17(12)16)11-14-6-4-7-15(10-14)20-3/h4-10H,11H2,1-3H3. The van der Waals surface area contributed by atoms with E-state index in [0.717, 1.165) is 17.8 Å². The molecule has 2 aromatic heterocycles. The predicted molar refractivity (Wildman–Crippen MR) is 81.3 cm³/mol. The molecule has 3 nitrogen and oxygen atoms in total. The van der Waals surface area contributed by atoms with Crippen molar-refractivity contribution >= 4 is 11.0 Å². The lowest BCUT2D eigenvalue weighted by atomic mass is 10.2. The molecule has 0 aliphatic carbocycles. The Bertz CT molecular complexity index is 759. The van der Waals surface area contributed by atoms with Crippen molar-refractivity contribution < 1.29 is 4.74 Å². The summed E-state index contributed by atoms with van der Waals surface area (Å²) in [6, 6.07) is 12.3. The molecule has 0 bridgehead atoms. The number of benzene rings is 1. The molecule has 0 saturated heterocycles. The highest BCUT2D eigenvalue weighted by Crippen LogP contribution is 2.24. The maximum absolute atomic E-state index is 5.29. The third-order valence-corrected chi connectivity index (χ3v) is 3.85. The molecule has 3 heteroatoms. The van der Waals surface area contributed by atoms with Gasteiger partial charge in [0.2, 0.25) is 0 Å². The Kier molecular flexibility index (Phi) is 3.18. The molecule has 102 valence electrons. The maximum atomic E-state index is 5.29. The summed E-state index contributed by atoms with van der Waals surface area (Å²) in [6.07, 6.45) is 1.85. The molecular weight excluding hydrogens is 248 g/mol. The first-order chi connectivity index (χ1) is 9.70. The number of nitrogens with zero attached hydrogens (tertiary/aromatic N) is 2. The highest BCUT2D eigenvalue weighted by molar-refractivity contribution is 5.81. The zero-order valence-electron chi connectivity index (χ0n) is 12.1. The third kappa shape index (κ3) is 2.05. The molecule has 3 aromatic rings. The normalized spacial score (nSPS) is 10.9. The summed E-state index contributed by atoms with van der Waals surface area (Å²) >= 11 is 0. The minimum Gasteiger partial charge on any atom is -0.497 e. The van der Waals surface area contributed by atoms with Crippen LogP contribution in [0, 0.1) is 13.8 Å². The van der Waals surface area contributed by atoms with Gasteiger partial charge in [0.15, 0.2) is 0 Å². The van der Waals surface area contributed by atoms with Crippen LogP contribution in [0.1, 0.15) is 16.8 Å². The Morgan fingerprint density at radius 3 is 2.80 bits per heavy atom. The quantitative estimate of drug-likeness (QED) is 0.722. The zero-order chi connectivity index (χ0) is 14.1. The lowest BCUT2D eigenvalue weighted by Gasteiger charge is -2.09. The summed E-state index contributed by atoms with van der Waals surface area (Å²) in [5, 5.41) is 0. The number of aryl methyl sites for hydroxylation is 1. The lowest BCUT2D eigenvalue weighted by molar-refractivity contribution is 0.414. The second-order valence-electron chi connectivity index (χ2n) is 5.02. The molecule has 0 radical (unpaired) electrons. The number of hydrogen-bond acceptors (Lipinski definition) is 2. The van der Waals surface area contributed by atoms with Crippen molar-refractivity contribution in [2.75, 3.05) is 7.11 Å². The Balaban J connectivity index is 2.08. The van der Waals surface area contributed by atoms with Crippen LogP contribution in [0.15, 0.2) is 42.6 Å². The van der Waals surface area contributed by atoms with Crippen molar-refractivity contribution in [3.8, 4) is 5.75 Å².